The highest BCUT2D eigenvalue weighted by molar-refractivity contribution is 5.78. The lowest BCUT2D eigenvalue weighted by molar-refractivity contribution is -0.127. The Kier molecular flexibility index (Phi) is 3.73. The lowest BCUT2D eigenvalue weighted by Crippen LogP contribution is -2.36. The molecule has 1 aliphatic heterocycles. The van der Waals surface area contributed by atoms with Crippen molar-refractivity contribution in [2.24, 2.45) is 16.8 Å². The summed E-state index contributed by atoms with van der Waals surface area (Å²) in [5.41, 5.74) is 13.7. The first-order valence-corrected chi connectivity index (χ1v) is 4.67. The number of azide groups is 1. The third-order valence-electron chi connectivity index (χ3n) is 2.21. The molecule has 0 aromatic carbocycles. The summed E-state index contributed by atoms with van der Waals surface area (Å²) >= 11 is 0. The van der Waals surface area contributed by atoms with E-state index in [2.05, 4.69) is 10.0 Å². The van der Waals surface area contributed by atoms with Crippen LogP contribution in [-0.4, -0.2) is 36.5 Å². The molecule has 0 aromatic rings. The van der Waals surface area contributed by atoms with Crippen LogP contribution in [0.15, 0.2) is 5.11 Å². The van der Waals surface area contributed by atoms with Gasteiger partial charge in [-0.1, -0.05) is 5.11 Å². The molecular formula is C8H15N5O. The first kappa shape index (κ1) is 10.8. The Labute approximate surface area is 82.7 Å². The average Bonchev–Trinajstić information content (AvgIpc) is 2.43. The van der Waals surface area contributed by atoms with Crippen LogP contribution in [-0.2, 0) is 4.79 Å². The van der Waals surface area contributed by atoms with Crippen molar-refractivity contribution in [1.82, 2.24) is 4.90 Å². The van der Waals surface area contributed by atoms with Crippen molar-refractivity contribution >= 4 is 5.91 Å². The predicted molar refractivity (Wildman–Crippen MR) is 52.3 cm³/mol. The van der Waals surface area contributed by atoms with E-state index in [-0.39, 0.29) is 17.9 Å². The summed E-state index contributed by atoms with van der Waals surface area (Å²) in [6.07, 6.45) is 0.478. The number of carbonyl (C=O) groups excluding carboxylic acids is 1. The largest absolute Gasteiger partial charge is 0.341 e. The maximum Gasteiger partial charge on any atom is 0.222 e. The summed E-state index contributed by atoms with van der Waals surface area (Å²) in [7, 11) is 0. The second-order valence-electron chi connectivity index (χ2n) is 3.76. The maximum absolute atomic E-state index is 11.4. The summed E-state index contributed by atoms with van der Waals surface area (Å²) in [6.45, 7) is 3.52. The molecule has 0 aromatic heterocycles. The van der Waals surface area contributed by atoms with E-state index in [0.29, 0.717) is 26.1 Å². The molecule has 0 saturated carbocycles. The molecule has 0 radical (unpaired) electrons. The number of carbonyl (C=O) groups is 1. The topological polar surface area (TPSA) is 95.1 Å². The molecule has 1 amide bonds. The van der Waals surface area contributed by atoms with Crippen molar-refractivity contribution < 1.29 is 4.79 Å². The van der Waals surface area contributed by atoms with E-state index < -0.39 is 0 Å². The Hall–Kier alpha value is -1.26. The van der Waals surface area contributed by atoms with Crippen LogP contribution >= 0.6 is 0 Å². The fraction of sp³-hybridized carbons (Fsp3) is 0.875. The van der Waals surface area contributed by atoms with Crippen molar-refractivity contribution in [1.29, 1.82) is 0 Å². The van der Waals surface area contributed by atoms with Crippen LogP contribution in [0.5, 0.6) is 0 Å². The van der Waals surface area contributed by atoms with E-state index in [9.17, 15) is 4.79 Å². The van der Waals surface area contributed by atoms with Crippen molar-refractivity contribution in [3.63, 3.8) is 0 Å². The molecular weight excluding hydrogens is 182 g/mol. The molecule has 78 valence electrons. The van der Waals surface area contributed by atoms with E-state index >= 15 is 0 Å². The van der Waals surface area contributed by atoms with Crippen LogP contribution in [0.25, 0.3) is 10.4 Å². The Morgan fingerprint density at radius 3 is 3.14 bits per heavy atom. The molecule has 14 heavy (non-hydrogen) atoms. The lowest BCUT2D eigenvalue weighted by atomic mass is 10.1. The van der Waals surface area contributed by atoms with Gasteiger partial charge in [0.15, 0.2) is 0 Å². The van der Waals surface area contributed by atoms with Gasteiger partial charge in [-0.05, 0) is 18.4 Å². The van der Waals surface area contributed by atoms with E-state index in [0.717, 1.165) is 0 Å². The highest BCUT2D eigenvalue weighted by Gasteiger charge is 2.28. The predicted octanol–water partition coefficient (Wildman–Crippen LogP) is 0.492. The van der Waals surface area contributed by atoms with Crippen LogP contribution in [0.2, 0.25) is 0 Å². The molecule has 1 rings (SSSR count). The van der Waals surface area contributed by atoms with Gasteiger partial charge in [0.05, 0.1) is 0 Å². The Morgan fingerprint density at radius 1 is 1.86 bits per heavy atom. The minimum atomic E-state index is -0.00262. The van der Waals surface area contributed by atoms with Crippen LogP contribution in [0, 0.1) is 5.92 Å². The fourth-order valence-corrected chi connectivity index (χ4v) is 1.65. The van der Waals surface area contributed by atoms with Crippen LogP contribution in [0.1, 0.15) is 13.3 Å². The average molecular weight is 197 g/mol. The van der Waals surface area contributed by atoms with Gasteiger partial charge >= 0.3 is 0 Å². The number of amides is 1. The molecule has 1 heterocycles. The SMILES string of the molecule is CC(N)CN1CC(CN=[N+]=[N-])CC1=O. The highest BCUT2D eigenvalue weighted by Crippen LogP contribution is 2.17. The Bertz CT molecular complexity index is 258. The van der Waals surface area contributed by atoms with Gasteiger partial charge in [-0.25, -0.2) is 0 Å². The number of nitrogens with two attached hydrogens (primary N) is 1. The smallest absolute Gasteiger partial charge is 0.222 e. The van der Waals surface area contributed by atoms with Gasteiger partial charge in [-0.3, -0.25) is 4.79 Å². The van der Waals surface area contributed by atoms with Gasteiger partial charge in [0.2, 0.25) is 5.91 Å². The van der Waals surface area contributed by atoms with Gasteiger partial charge < -0.3 is 10.6 Å². The first-order valence-electron chi connectivity index (χ1n) is 4.67. The molecule has 1 saturated heterocycles. The molecule has 0 spiro atoms. The zero-order valence-electron chi connectivity index (χ0n) is 8.26. The number of nitrogens with zero attached hydrogens (tertiary/aromatic N) is 4. The van der Waals surface area contributed by atoms with E-state index in [1.54, 1.807) is 4.90 Å². The summed E-state index contributed by atoms with van der Waals surface area (Å²) in [4.78, 5) is 15.8. The fourth-order valence-electron chi connectivity index (χ4n) is 1.65. The van der Waals surface area contributed by atoms with E-state index in [1.807, 2.05) is 6.92 Å². The normalized spacial score (nSPS) is 23.4. The molecule has 6 heteroatoms. The third-order valence-corrected chi connectivity index (χ3v) is 2.21. The standard InChI is InChI=1S/C8H15N5O/c1-6(9)4-13-5-7(2-8(13)14)3-11-12-10/h6-7H,2-5,9H2,1H3. The molecule has 1 aliphatic rings. The van der Waals surface area contributed by atoms with Gasteiger partial charge in [-0.15, -0.1) is 0 Å². The number of hydrogen-bond acceptors (Lipinski definition) is 3. The number of rotatable bonds is 4. The van der Waals surface area contributed by atoms with Crippen molar-refractivity contribution in [3.8, 4) is 0 Å². The van der Waals surface area contributed by atoms with Crippen LogP contribution < -0.4 is 5.73 Å². The number of hydrogen-bond donors (Lipinski definition) is 1. The van der Waals surface area contributed by atoms with Gasteiger partial charge in [-0.2, -0.15) is 0 Å². The highest BCUT2D eigenvalue weighted by atomic mass is 16.2. The van der Waals surface area contributed by atoms with E-state index in [4.69, 9.17) is 11.3 Å². The summed E-state index contributed by atoms with van der Waals surface area (Å²) in [5, 5.41) is 3.47. The van der Waals surface area contributed by atoms with Crippen LogP contribution in [0.3, 0.4) is 0 Å². The maximum atomic E-state index is 11.4. The Balaban J connectivity index is 2.43. The minimum Gasteiger partial charge on any atom is -0.341 e. The van der Waals surface area contributed by atoms with E-state index in [1.165, 1.54) is 0 Å². The summed E-state index contributed by atoms with van der Waals surface area (Å²) < 4.78 is 0. The van der Waals surface area contributed by atoms with Crippen LogP contribution in [0.4, 0.5) is 0 Å². The van der Waals surface area contributed by atoms with Gasteiger partial charge in [0, 0.05) is 37.0 Å². The lowest BCUT2D eigenvalue weighted by Gasteiger charge is -2.18. The second-order valence-corrected chi connectivity index (χ2v) is 3.76. The molecule has 1 fully saturated rings. The minimum absolute atomic E-state index is 0.00262. The van der Waals surface area contributed by atoms with Crippen molar-refractivity contribution in [2.75, 3.05) is 19.6 Å². The molecule has 2 N–H and O–H groups in total. The second kappa shape index (κ2) is 4.83. The van der Waals surface area contributed by atoms with Crippen molar-refractivity contribution in [3.05, 3.63) is 10.4 Å². The van der Waals surface area contributed by atoms with Gasteiger partial charge in [0.25, 0.3) is 0 Å². The zero-order chi connectivity index (χ0) is 10.6. The van der Waals surface area contributed by atoms with Crippen molar-refractivity contribution in [2.45, 2.75) is 19.4 Å². The molecule has 6 nitrogen and oxygen atoms in total. The molecule has 0 bridgehead atoms. The Morgan fingerprint density at radius 2 is 2.57 bits per heavy atom. The molecule has 2 atom stereocenters. The quantitative estimate of drug-likeness (QED) is 0.403. The molecule has 0 aliphatic carbocycles. The summed E-state index contributed by atoms with van der Waals surface area (Å²) in [5.74, 6) is 0.276. The monoisotopic (exact) mass is 197 g/mol. The molecule has 2 unspecified atom stereocenters. The van der Waals surface area contributed by atoms with Gasteiger partial charge in [0.1, 0.15) is 0 Å². The first-order chi connectivity index (χ1) is 6.63. The summed E-state index contributed by atoms with van der Waals surface area (Å²) in [6, 6.07) is -0.00262. The zero-order valence-corrected chi connectivity index (χ0v) is 8.26. The number of likely N-dealkylation sites (tertiary alicyclic amines) is 1. The third kappa shape index (κ3) is 2.90.